The minimum absolute atomic E-state index is 0.0338. The highest BCUT2D eigenvalue weighted by Crippen LogP contribution is 2.19. The summed E-state index contributed by atoms with van der Waals surface area (Å²) >= 11 is 0. The summed E-state index contributed by atoms with van der Waals surface area (Å²) in [5.74, 6) is 0.282. The number of aryl methyl sites for hydroxylation is 1. The predicted octanol–water partition coefficient (Wildman–Crippen LogP) is 2.72. The van der Waals surface area contributed by atoms with Gasteiger partial charge in [-0.25, -0.2) is 0 Å². The number of hydrogen-bond acceptors (Lipinski definition) is 5. The number of benzene rings is 2. The predicted molar refractivity (Wildman–Crippen MR) is 97.8 cm³/mol. The van der Waals surface area contributed by atoms with Gasteiger partial charge in [-0.1, -0.05) is 18.2 Å². The van der Waals surface area contributed by atoms with Gasteiger partial charge >= 0.3 is 0 Å². The second-order valence-electron chi connectivity index (χ2n) is 5.44. The fourth-order valence-corrected chi connectivity index (χ4v) is 2.13. The lowest BCUT2D eigenvalue weighted by Crippen LogP contribution is -2.24. The van der Waals surface area contributed by atoms with Crippen molar-refractivity contribution in [3.8, 4) is 11.8 Å². The van der Waals surface area contributed by atoms with Crippen LogP contribution >= 0.6 is 0 Å². The molecule has 0 bridgehead atoms. The normalized spacial score (nSPS) is 10.7. The molecule has 0 atom stereocenters. The van der Waals surface area contributed by atoms with Crippen molar-refractivity contribution < 1.29 is 9.53 Å². The number of nitrogens with two attached hydrogens (primary N) is 1. The number of anilines is 2. The third-order valence-electron chi connectivity index (χ3n) is 3.56. The summed E-state index contributed by atoms with van der Waals surface area (Å²) in [5.41, 5.74) is 8.99. The van der Waals surface area contributed by atoms with E-state index in [0.29, 0.717) is 17.9 Å². The third-order valence-corrected chi connectivity index (χ3v) is 3.56. The summed E-state index contributed by atoms with van der Waals surface area (Å²) in [6, 6.07) is 14.7. The highest BCUT2D eigenvalue weighted by Gasteiger charge is 2.09. The quantitative estimate of drug-likeness (QED) is 0.428. The Balaban J connectivity index is 1.98. The maximum absolute atomic E-state index is 12.1. The summed E-state index contributed by atoms with van der Waals surface area (Å²) in [4.78, 5) is 12.1. The summed E-state index contributed by atoms with van der Waals surface area (Å²) in [6.45, 7) is 2.25. The molecule has 0 aromatic heterocycles. The Labute approximate surface area is 146 Å². The minimum Gasteiger partial charge on any atom is -0.497 e. The zero-order valence-electron chi connectivity index (χ0n) is 14.2. The van der Waals surface area contributed by atoms with E-state index in [1.54, 1.807) is 13.2 Å². The number of nitrogens with zero attached hydrogens (tertiary/aromatic N) is 1. The number of hydrogen-bond donors (Lipinski definition) is 3. The van der Waals surface area contributed by atoms with Crippen LogP contribution in [0.5, 0.6) is 5.75 Å². The molecule has 0 spiro atoms. The number of nitriles is 1. The SMILES string of the molecule is COc1ccc(CNC(=O)/C(C#N)=C\Nc2ccc(C)cc2N)cc1. The van der Waals surface area contributed by atoms with Crippen molar-refractivity contribution in [3.63, 3.8) is 0 Å². The number of methoxy groups -OCH3 is 1. The zero-order valence-corrected chi connectivity index (χ0v) is 14.2. The molecule has 0 saturated heterocycles. The largest absolute Gasteiger partial charge is 0.497 e. The molecule has 2 rings (SSSR count). The van der Waals surface area contributed by atoms with Crippen molar-refractivity contribution in [1.82, 2.24) is 5.32 Å². The summed E-state index contributed by atoms with van der Waals surface area (Å²) in [6.07, 6.45) is 1.35. The molecule has 6 heteroatoms. The number of nitrogens with one attached hydrogen (secondary N) is 2. The van der Waals surface area contributed by atoms with Gasteiger partial charge < -0.3 is 21.1 Å². The van der Waals surface area contributed by atoms with Crippen LogP contribution in [0.15, 0.2) is 54.2 Å². The van der Waals surface area contributed by atoms with Crippen LogP contribution in [-0.2, 0) is 11.3 Å². The average molecular weight is 336 g/mol. The van der Waals surface area contributed by atoms with Gasteiger partial charge in [-0.05, 0) is 42.3 Å². The van der Waals surface area contributed by atoms with E-state index in [1.165, 1.54) is 6.20 Å². The maximum Gasteiger partial charge on any atom is 0.263 e. The van der Waals surface area contributed by atoms with Crippen molar-refractivity contribution in [1.29, 1.82) is 5.26 Å². The molecule has 0 unspecified atom stereocenters. The molecule has 128 valence electrons. The molecule has 0 aliphatic rings. The fourth-order valence-electron chi connectivity index (χ4n) is 2.13. The third kappa shape index (κ3) is 5.01. The van der Waals surface area contributed by atoms with Crippen LogP contribution in [-0.4, -0.2) is 13.0 Å². The van der Waals surface area contributed by atoms with Crippen LogP contribution in [0, 0.1) is 18.3 Å². The van der Waals surface area contributed by atoms with E-state index in [4.69, 9.17) is 10.5 Å². The van der Waals surface area contributed by atoms with E-state index < -0.39 is 5.91 Å². The van der Waals surface area contributed by atoms with Gasteiger partial charge in [-0.3, -0.25) is 4.79 Å². The Morgan fingerprint density at radius 1 is 1.28 bits per heavy atom. The van der Waals surface area contributed by atoms with E-state index in [0.717, 1.165) is 16.9 Å². The molecule has 2 aromatic carbocycles. The number of nitrogen functional groups attached to an aromatic ring is 1. The molecule has 0 aliphatic carbocycles. The highest BCUT2D eigenvalue weighted by molar-refractivity contribution is 5.97. The Bertz CT molecular complexity index is 820. The van der Waals surface area contributed by atoms with Gasteiger partial charge in [0.15, 0.2) is 0 Å². The van der Waals surface area contributed by atoms with Crippen LogP contribution in [0.25, 0.3) is 0 Å². The molecular weight excluding hydrogens is 316 g/mol. The van der Waals surface area contributed by atoms with E-state index >= 15 is 0 Å². The maximum atomic E-state index is 12.1. The van der Waals surface area contributed by atoms with E-state index in [2.05, 4.69) is 10.6 Å². The van der Waals surface area contributed by atoms with Gasteiger partial charge in [0, 0.05) is 12.7 Å². The van der Waals surface area contributed by atoms with Gasteiger partial charge in [-0.15, -0.1) is 0 Å². The van der Waals surface area contributed by atoms with Crippen LogP contribution < -0.4 is 21.1 Å². The molecule has 0 radical (unpaired) electrons. The topological polar surface area (TPSA) is 100 Å². The highest BCUT2D eigenvalue weighted by atomic mass is 16.5. The van der Waals surface area contributed by atoms with Gasteiger partial charge in [-0.2, -0.15) is 5.26 Å². The lowest BCUT2D eigenvalue weighted by Gasteiger charge is -2.08. The van der Waals surface area contributed by atoms with E-state index in [-0.39, 0.29) is 5.57 Å². The van der Waals surface area contributed by atoms with Gasteiger partial charge in [0.05, 0.1) is 18.5 Å². The Morgan fingerprint density at radius 3 is 2.60 bits per heavy atom. The lowest BCUT2D eigenvalue weighted by atomic mass is 10.2. The molecule has 2 aromatic rings. The van der Waals surface area contributed by atoms with Crippen LogP contribution in [0.3, 0.4) is 0 Å². The first-order chi connectivity index (χ1) is 12.0. The number of ether oxygens (including phenoxy) is 1. The number of rotatable bonds is 6. The monoisotopic (exact) mass is 336 g/mol. The fraction of sp³-hybridized carbons (Fsp3) is 0.158. The Hall–Kier alpha value is -3.46. The van der Waals surface area contributed by atoms with Crippen LogP contribution in [0.2, 0.25) is 0 Å². The molecule has 1 amide bonds. The first-order valence-electron chi connectivity index (χ1n) is 7.67. The number of amides is 1. The summed E-state index contributed by atoms with van der Waals surface area (Å²) < 4.78 is 5.08. The Kier molecular flexibility index (Phi) is 6.02. The minimum atomic E-state index is -0.462. The molecule has 25 heavy (non-hydrogen) atoms. The van der Waals surface area contributed by atoms with Crippen LogP contribution in [0.4, 0.5) is 11.4 Å². The second kappa shape index (κ2) is 8.41. The summed E-state index contributed by atoms with van der Waals surface area (Å²) in [7, 11) is 1.59. The standard InChI is InChI=1S/C19H20N4O2/c1-13-3-8-18(17(21)9-13)22-12-15(10-20)19(24)23-11-14-4-6-16(25-2)7-5-14/h3-9,12,22H,11,21H2,1-2H3,(H,23,24)/b15-12-. The molecular formula is C19H20N4O2. The van der Waals surface area contributed by atoms with Crippen molar-refractivity contribution in [2.45, 2.75) is 13.5 Å². The van der Waals surface area contributed by atoms with Gasteiger partial charge in [0.1, 0.15) is 17.4 Å². The second-order valence-corrected chi connectivity index (χ2v) is 5.44. The van der Waals surface area contributed by atoms with E-state index in [9.17, 15) is 10.1 Å². The average Bonchev–Trinajstić information content (AvgIpc) is 2.62. The van der Waals surface area contributed by atoms with Crippen molar-refractivity contribution in [2.24, 2.45) is 0 Å². The molecule has 6 nitrogen and oxygen atoms in total. The van der Waals surface area contributed by atoms with Gasteiger partial charge in [0.2, 0.25) is 0 Å². The summed E-state index contributed by atoms with van der Waals surface area (Å²) in [5, 5.41) is 14.8. The van der Waals surface area contributed by atoms with E-state index in [1.807, 2.05) is 49.4 Å². The number of carbonyl (C=O) groups excluding carboxylic acids is 1. The molecule has 4 N–H and O–H groups in total. The molecule has 0 fully saturated rings. The van der Waals surface area contributed by atoms with Crippen LogP contribution in [0.1, 0.15) is 11.1 Å². The van der Waals surface area contributed by atoms with Gasteiger partial charge in [0.25, 0.3) is 5.91 Å². The zero-order chi connectivity index (χ0) is 18.2. The van der Waals surface area contributed by atoms with Crippen molar-refractivity contribution in [2.75, 3.05) is 18.2 Å². The first-order valence-corrected chi connectivity index (χ1v) is 7.67. The number of carbonyl (C=O) groups is 1. The molecule has 0 heterocycles. The van der Waals surface area contributed by atoms with Crippen molar-refractivity contribution >= 4 is 17.3 Å². The molecule has 0 saturated carbocycles. The smallest absolute Gasteiger partial charge is 0.263 e. The molecule has 0 aliphatic heterocycles. The lowest BCUT2D eigenvalue weighted by molar-refractivity contribution is -0.117. The first kappa shape index (κ1) is 17.9. The Morgan fingerprint density at radius 2 is 2.00 bits per heavy atom. The van der Waals surface area contributed by atoms with Crippen molar-refractivity contribution in [3.05, 3.63) is 65.4 Å².